The number of nitrogens with zero attached hydrogens (tertiary/aromatic N) is 1. The number of methoxy groups -OCH3 is 3. The summed E-state index contributed by atoms with van der Waals surface area (Å²) in [6.45, 7) is 0.559. The second-order valence-electron chi connectivity index (χ2n) is 3.93. The Hall–Kier alpha value is -1.43. The van der Waals surface area contributed by atoms with Gasteiger partial charge in [0, 0.05) is 47.2 Å². The van der Waals surface area contributed by atoms with Crippen LogP contribution in [0, 0.1) is 0 Å². The van der Waals surface area contributed by atoms with Crippen LogP contribution in [-0.4, -0.2) is 44.6 Å². The molecule has 0 aliphatic heterocycles. The molecule has 0 aromatic heterocycles. The van der Waals surface area contributed by atoms with Gasteiger partial charge in [-0.15, -0.1) is 0 Å². The molecule has 0 aliphatic carbocycles. The van der Waals surface area contributed by atoms with Crippen molar-refractivity contribution in [1.29, 1.82) is 0 Å². The van der Waals surface area contributed by atoms with Crippen molar-refractivity contribution < 1.29 is 19.0 Å². The van der Waals surface area contributed by atoms with Crippen LogP contribution < -0.4 is 14.2 Å². The van der Waals surface area contributed by atoms with E-state index in [9.17, 15) is 4.79 Å². The van der Waals surface area contributed by atoms with Crippen molar-refractivity contribution in [2.45, 2.75) is 6.42 Å². The molecule has 0 N–H and O–H groups in total. The molecule has 0 atom stereocenters. The van der Waals surface area contributed by atoms with E-state index in [2.05, 4.69) is 15.9 Å². The zero-order chi connectivity index (χ0) is 14.4. The van der Waals surface area contributed by atoms with Gasteiger partial charge < -0.3 is 19.1 Å². The highest BCUT2D eigenvalue weighted by Crippen LogP contribution is 2.34. The molecule has 5 nitrogen and oxygen atoms in total. The van der Waals surface area contributed by atoms with E-state index in [1.54, 1.807) is 45.4 Å². The fourth-order valence-corrected chi connectivity index (χ4v) is 1.87. The van der Waals surface area contributed by atoms with E-state index in [-0.39, 0.29) is 4.82 Å². The average Bonchev–Trinajstić information content (AvgIpc) is 2.43. The predicted molar refractivity (Wildman–Crippen MR) is 76.8 cm³/mol. The molecule has 1 aromatic carbocycles. The molecule has 6 heteroatoms. The minimum Gasteiger partial charge on any atom is -0.496 e. The van der Waals surface area contributed by atoms with Crippen LogP contribution in [-0.2, 0) is 6.42 Å². The number of hydrogen-bond acceptors (Lipinski definition) is 4. The summed E-state index contributed by atoms with van der Waals surface area (Å²) < 4.78 is 15.9. The van der Waals surface area contributed by atoms with Gasteiger partial charge in [0.25, 0.3) is 4.82 Å². The van der Waals surface area contributed by atoms with Gasteiger partial charge in [-0.1, -0.05) is 0 Å². The van der Waals surface area contributed by atoms with Gasteiger partial charge in [0.15, 0.2) is 0 Å². The summed E-state index contributed by atoms with van der Waals surface area (Å²) in [7, 11) is 6.50. The van der Waals surface area contributed by atoms with Crippen molar-refractivity contribution in [1.82, 2.24) is 4.90 Å². The lowest BCUT2D eigenvalue weighted by Crippen LogP contribution is -2.23. The van der Waals surface area contributed by atoms with Gasteiger partial charge in [-0.25, -0.2) is 0 Å². The molecule has 1 rings (SSSR count). The molecule has 19 heavy (non-hydrogen) atoms. The molecule has 0 radical (unpaired) electrons. The maximum atomic E-state index is 11.1. The van der Waals surface area contributed by atoms with E-state index < -0.39 is 0 Å². The number of halogens is 1. The lowest BCUT2D eigenvalue weighted by Gasteiger charge is -2.18. The first-order valence-electron chi connectivity index (χ1n) is 5.73. The Morgan fingerprint density at radius 3 is 2.05 bits per heavy atom. The van der Waals surface area contributed by atoms with Crippen LogP contribution in [0.15, 0.2) is 12.1 Å². The van der Waals surface area contributed by atoms with Crippen molar-refractivity contribution in [3.8, 4) is 17.2 Å². The number of benzene rings is 1. The van der Waals surface area contributed by atoms with Gasteiger partial charge in [0.1, 0.15) is 17.2 Å². The average molecular weight is 332 g/mol. The van der Waals surface area contributed by atoms with Crippen molar-refractivity contribution in [2.75, 3.05) is 34.9 Å². The number of carbonyl (C=O) groups is 1. The van der Waals surface area contributed by atoms with Crippen LogP contribution in [0.5, 0.6) is 17.2 Å². The van der Waals surface area contributed by atoms with Gasteiger partial charge in [0.05, 0.1) is 21.3 Å². The SMILES string of the molecule is COc1cc(OC)c(CCN(C)C(=O)Br)c(OC)c1. The van der Waals surface area contributed by atoms with E-state index >= 15 is 0 Å². The molecule has 0 heterocycles. The quantitative estimate of drug-likeness (QED) is 0.594. The third-order valence-electron chi connectivity index (χ3n) is 2.81. The first-order valence-corrected chi connectivity index (χ1v) is 6.52. The minimum absolute atomic E-state index is 0.154. The van der Waals surface area contributed by atoms with Crippen LogP contribution in [0.3, 0.4) is 0 Å². The molecule has 106 valence electrons. The Morgan fingerprint density at radius 1 is 1.16 bits per heavy atom. The molecule has 1 aromatic rings. The minimum atomic E-state index is -0.154. The summed E-state index contributed by atoms with van der Waals surface area (Å²) in [5.41, 5.74) is 0.909. The summed E-state index contributed by atoms with van der Waals surface area (Å²) in [5.74, 6) is 2.04. The van der Waals surface area contributed by atoms with Crippen LogP contribution in [0.4, 0.5) is 4.79 Å². The Morgan fingerprint density at radius 2 is 1.68 bits per heavy atom. The van der Waals surface area contributed by atoms with Crippen LogP contribution in [0.1, 0.15) is 5.56 Å². The summed E-state index contributed by atoms with van der Waals surface area (Å²) in [6.07, 6.45) is 0.629. The largest absolute Gasteiger partial charge is 0.496 e. The van der Waals surface area contributed by atoms with Gasteiger partial charge in [-0.05, 0) is 6.42 Å². The topological polar surface area (TPSA) is 48.0 Å². The molecule has 0 aliphatic rings. The number of rotatable bonds is 6. The monoisotopic (exact) mass is 331 g/mol. The summed E-state index contributed by atoms with van der Waals surface area (Å²) in [6, 6.07) is 3.60. The van der Waals surface area contributed by atoms with E-state index in [1.165, 1.54) is 0 Å². The number of likely N-dealkylation sites (N-methyl/N-ethyl adjacent to an activating group) is 1. The van der Waals surface area contributed by atoms with Crippen molar-refractivity contribution >= 4 is 20.7 Å². The van der Waals surface area contributed by atoms with Crippen LogP contribution in [0.2, 0.25) is 0 Å². The van der Waals surface area contributed by atoms with Crippen molar-refractivity contribution in [2.24, 2.45) is 0 Å². The zero-order valence-corrected chi connectivity index (χ0v) is 13.1. The highest BCUT2D eigenvalue weighted by Gasteiger charge is 2.14. The van der Waals surface area contributed by atoms with Crippen molar-refractivity contribution in [3.05, 3.63) is 17.7 Å². The molecule has 0 spiro atoms. The van der Waals surface area contributed by atoms with Crippen LogP contribution in [0.25, 0.3) is 0 Å². The first kappa shape index (κ1) is 15.6. The lowest BCUT2D eigenvalue weighted by atomic mass is 10.1. The molecule has 0 fully saturated rings. The third kappa shape index (κ3) is 4.02. The second kappa shape index (κ2) is 7.23. The molecular weight excluding hydrogens is 314 g/mol. The fraction of sp³-hybridized carbons (Fsp3) is 0.462. The molecule has 0 unspecified atom stereocenters. The number of amides is 1. The van der Waals surface area contributed by atoms with Gasteiger partial charge >= 0.3 is 0 Å². The Kier molecular flexibility index (Phi) is 5.95. The first-order chi connectivity index (χ1) is 9.03. The standard InChI is InChI=1S/C13H18BrNO4/c1-15(13(14)16)6-5-10-11(18-3)7-9(17-2)8-12(10)19-4/h7-8H,5-6H2,1-4H3. The number of hydrogen-bond donors (Lipinski definition) is 0. The summed E-state index contributed by atoms with van der Waals surface area (Å²) in [4.78, 5) is 12.6. The zero-order valence-electron chi connectivity index (χ0n) is 11.5. The maximum Gasteiger partial charge on any atom is 0.289 e. The van der Waals surface area contributed by atoms with E-state index in [0.29, 0.717) is 30.2 Å². The van der Waals surface area contributed by atoms with E-state index in [0.717, 1.165) is 5.56 Å². The van der Waals surface area contributed by atoms with E-state index in [1.807, 2.05) is 0 Å². The maximum absolute atomic E-state index is 11.1. The molecule has 0 saturated carbocycles. The second-order valence-corrected chi connectivity index (χ2v) is 4.61. The Bertz CT molecular complexity index is 425. The predicted octanol–water partition coefficient (Wildman–Crippen LogP) is 2.70. The molecule has 0 saturated heterocycles. The Balaban J connectivity index is 3.00. The van der Waals surface area contributed by atoms with Gasteiger partial charge in [-0.3, -0.25) is 4.79 Å². The Labute approximate surface area is 121 Å². The number of carbonyl (C=O) groups excluding carboxylic acids is 1. The highest BCUT2D eigenvalue weighted by atomic mass is 79.9. The summed E-state index contributed by atoms with van der Waals surface area (Å²) in [5, 5.41) is 0. The number of ether oxygens (including phenoxy) is 3. The molecule has 1 amide bonds. The van der Waals surface area contributed by atoms with Gasteiger partial charge in [0.2, 0.25) is 0 Å². The van der Waals surface area contributed by atoms with Crippen molar-refractivity contribution in [3.63, 3.8) is 0 Å². The molecular formula is C13H18BrNO4. The highest BCUT2D eigenvalue weighted by molar-refractivity contribution is 9.18. The lowest BCUT2D eigenvalue weighted by molar-refractivity contribution is 0.235. The fourth-order valence-electron chi connectivity index (χ4n) is 1.69. The van der Waals surface area contributed by atoms with E-state index in [4.69, 9.17) is 14.2 Å². The normalized spacial score (nSPS) is 9.95. The third-order valence-corrected chi connectivity index (χ3v) is 3.42. The van der Waals surface area contributed by atoms with Gasteiger partial charge in [-0.2, -0.15) is 0 Å². The van der Waals surface area contributed by atoms with Crippen LogP contribution >= 0.6 is 15.9 Å². The summed E-state index contributed by atoms with van der Waals surface area (Å²) >= 11 is 2.91. The molecule has 0 bridgehead atoms. The smallest absolute Gasteiger partial charge is 0.289 e.